The van der Waals surface area contributed by atoms with Crippen LogP contribution in [0.2, 0.25) is 0 Å². The zero-order chi connectivity index (χ0) is 13.7. The number of aliphatic carboxylic acids is 1. The van der Waals surface area contributed by atoms with Crippen LogP contribution in [0.3, 0.4) is 0 Å². The van der Waals surface area contributed by atoms with E-state index in [0.29, 0.717) is 5.69 Å². The van der Waals surface area contributed by atoms with Crippen molar-refractivity contribution in [3.63, 3.8) is 0 Å². The van der Waals surface area contributed by atoms with E-state index in [1.165, 1.54) is 17.8 Å². The van der Waals surface area contributed by atoms with Crippen LogP contribution in [-0.4, -0.2) is 49.2 Å². The Morgan fingerprint density at radius 1 is 1.61 bits per heavy atom. The van der Waals surface area contributed by atoms with Gasteiger partial charge in [-0.05, 0) is 6.92 Å². The van der Waals surface area contributed by atoms with Gasteiger partial charge in [-0.2, -0.15) is 0 Å². The van der Waals surface area contributed by atoms with E-state index >= 15 is 0 Å². The third-order valence-corrected chi connectivity index (χ3v) is 2.17. The van der Waals surface area contributed by atoms with Gasteiger partial charge in [-0.25, -0.2) is 9.48 Å². The number of nitrogens with zero attached hydrogens (tertiary/aromatic N) is 3. The second-order valence-electron chi connectivity index (χ2n) is 3.74. The highest BCUT2D eigenvalue weighted by molar-refractivity contribution is 5.83. The molecule has 9 nitrogen and oxygen atoms in total. The Kier molecular flexibility index (Phi) is 4.75. The van der Waals surface area contributed by atoms with E-state index in [-0.39, 0.29) is 13.1 Å². The molecule has 1 heterocycles. The predicted octanol–water partition coefficient (Wildman–Crippen LogP) is -2.31. The first kappa shape index (κ1) is 14.1. The Balaban J connectivity index is 2.57. The SMILES string of the molecule is CC(O)C(NC(=O)Cn1cc(CN)nn1)C(=O)O. The van der Waals surface area contributed by atoms with Crippen molar-refractivity contribution in [2.45, 2.75) is 32.2 Å². The van der Waals surface area contributed by atoms with E-state index in [1.54, 1.807) is 0 Å². The number of hydrogen-bond acceptors (Lipinski definition) is 6. The molecular weight excluding hydrogens is 242 g/mol. The molecule has 1 aromatic heterocycles. The highest BCUT2D eigenvalue weighted by Crippen LogP contribution is 1.95. The number of aromatic nitrogens is 3. The van der Waals surface area contributed by atoms with Crippen LogP contribution in [0.25, 0.3) is 0 Å². The number of amides is 1. The van der Waals surface area contributed by atoms with E-state index in [0.717, 1.165) is 0 Å². The lowest BCUT2D eigenvalue weighted by atomic mass is 10.2. The summed E-state index contributed by atoms with van der Waals surface area (Å²) in [6, 6.07) is -1.35. The molecule has 0 fully saturated rings. The zero-order valence-corrected chi connectivity index (χ0v) is 9.78. The molecule has 0 radical (unpaired) electrons. The molecule has 9 heteroatoms. The predicted molar refractivity (Wildman–Crippen MR) is 59.2 cm³/mol. The van der Waals surface area contributed by atoms with Gasteiger partial charge in [0.05, 0.1) is 18.0 Å². The molecule has 100 valence electrons. The monoisotopic (exact) mass is 257 g/mol. The summed E-state index contributed by atoms with van der Waals surface area (Å²) >= 11 is 0. The van der Waals surface area contributed by atoms with Gasteiger partial charge in [0, 0.05) is 6.54 Å². The normalized spacial score (nSPS) is 13.9. The Labute approximate surface area is 103 Å². The summed E-state index contributed by atoms with van der Waals surface area (Å²) in [6.07, 6.45) is 0.291. The highest BCUT2D eigenvalue weighted by atomic mass is 16.4. The highest BCUT2D eigenvalue weighted by Gasteiger charge is 2.24. The number of carboxylic acids is 1. The Morgan fingerprint density at radius 3 is 2.72 bits per heavy atom. The van der Waals surface area contributed by atoms with Crippen molar-refractivity contribution in [2.24, 2.45) is 5.73 Å². The second-order valence-corrected chi connectivity index (χ2v) is 3.74. The fourth-order valence-corrected chi connectivity index (χ4v) is 1.26. The number of hydrogen-bond donors (Lipinski definition) is 4. The third-order valence-electron chi connectivity index (χ3n) is 2.17. The largest absolute Gasteiger partial charge is 0.480 e. The lowest BCUT2D eigenvalue weighted by molar-refractivity contribution is -0.144. The minimum Gasteiger partial charge on any atom is -0.480 e. The van der Waals surface area contributed by atoms with Crippen molar-refractivity contribution in [1.82, 2.24) is 20.3 Å². The van der Waals surface area contributed by atoms with E-state index < -0.39 is 24.0 Å². The molecule has 0 bridgehead atoms. The topological polar surface area (TPSA) is 143 Å². The van der Waals surface area contributed by atoms with E-state index in [9.17, 15) is 14.7 Å². The van der Waals surface area contributed by atoms with Crippen LogP contribution >= 0.6 is 0 Å². The molecule has 0 spiro atoms. The minimum absolute atomic E-state index is 0.191. The molecule has 18 heavy (non-hydrogen) atoms. The maximum absolute atomic E-state index is 11.5. The van der Waals surface area contributed by atoms with Crippen LogP contribution in [0.5, 0.6) is 0 Å². The lowest BCUT2D eigenvalue weighted by Crippen LogP contribution is -2.48. The molecular formula is C9H15N5O4. The van der Waals surface area contributed by atoms with Crippen molar-refractivity contribution in [1.29, 1.82) is 0 Å². The zero-order valence-electron chi connectivity index (χ0n) is 9.78. The van der Waals surface area contributed by atoms with Gasteiger partial charge in [-0.15, -0.1) is 5.10 Å². The number of aliphatic hydroxyl groups excluding tert-OH is 1. The summed E-state index contributed by atoms with van der Waals surface area (Å²) in [7, 11) is 0. The van der Waals surface area contributed by atoms with E-state index in [4.69, 9.17) is 10.8 Å². The summed E-state index contributed by atoms with van der Waals surface area (Å²) < 4.78 is 1.23. The number of carbonyl (C=O) groups excluding carboxylic acids is 1. The van der Waals surface area contributed by atoms with Gasteiger partial charge in [-0.3, -0.25) is 4.79 Å². The van der Waals surface area contributed by atoms with Crippen molar-refractivity contribution in [3.05, 3.63) is 11.9 Å². The summed E-state index contributed by atoms with van der Waals surface area (Å²) in [5, 5.41) is 27.5. The van der Waals surface area contributed by atoms with Crippen molar-refractivity contribution in [3.8, 4) is 0 Å². The summed E-state index contributed by atoms with van der Waals surface area (Å²) in [5.41, 5.74) is 5.85. The number of rotatable bonds is 6. The molecule has 0 aliphatic heterocycles. The summed E-state index contributed by atoms with van der Waals surface area (Å²) in [5.74, 6) is -1.89. The number of nitrogens with one attached hydrogen (secondary N) is 1. The quantitative estimate of drug-likeness (QED) is 0.448. The average molecular weight is 257 g/mol. The fraction of sp³-hybridized carbons (Fsp3) is 0.556. The van der Waals surface area contributed by atoms with E-state index in [1.807, 2.05) is 0 Å². The van der Waals surface area contributed by atoms with Gasteiger partial charge in [0.15, 0.2) is 6.04 Å². The van der Waals surface area contributed by atoms with Crippen molar-refractivity contribution in [2.75, 3.05) is 0 Å². The van der Waals surface area contributed by atoms with Gasteiger partial charge in [0.1, 0.15) is 6.54 Å². The second kappa shape index (κ2) is 6.07. The molecule has 2 unspecified atom stereocenters. The fourth-order valence-electron chi connectivity index (χ4n) is 1.26. The lowest BCUT2D eigenvalue weighted by Gasteiger charge is -2.16. The molecule has 1 amide bonds. The first-order valence-electron chi connectivity index (χ1n) is 5.23. The standard InChI is InChI=1S/C9H15N5O4/c1-5(15)8(9(17)18)11-7(16)4-14-3-6(2-10)12-13-14/h3,5,8,15H,2,4,10H2,1H3,(H,11,16)(H,17,18). The van der Waals surface area contributed by atoms with Crippen LogP contribution in [0.1, 0.15) is 12.6 Å². The maximum atomic E-state index is 11.5. The molecule has 1 aromatic rings. The van der Waals surface area contributed by atoms with Gasteiger partial charge >= 0.3 is 5.97 Å². The number of aliphatic hydroxyl groups is 1. The van der Waals surface area contributed by atoms with Crippen molar-refractivity contribution < 1.29 is 19.8 Å². The van der Waals surface area contributed by atoms with Crippen LogP contribution in [0.4, 0.5) is 0 Å². The molecule has 0 aromatic carbocycles. The smallest absolute Gasteiger partial charge is 0.328 e. The number of carboxylic acid groups (broad SMARTS) is 1. The molecule has 0 saturated carbocycles. The molecule has 5 N–H and O–H groups in total. The Morgan fingerprint density at radius 2 is 2.28 bits per heavy atom. The average Bonchev–Trinajstić information content (AvgIpc) is 2.72. The van der Waals surface area contributed by atoms with Crippen LogP contribution in [0.15, 0.2) is 6.20 Å². The molecule has 2 atom stereocenters. The van der Waals surface area contributed by atoms with Gasteiger partial charge < -0.3 is 21.3 Å². The molecule has 0 aliphatic rings. The van der Waals surface area contributed by atoms with Gasteiger partial charge in [-0.1, -0.05) is 5.21 Å². The van der Waals surface area contributed by atoms with Crippen LogP contribution in [0, 0.1) is 0 Å². The first-order valence-corrected chi connectivity index (χ1v) is 5.23. The first-order chi connectivity index (χ1) is 8.43. The third kappa shape index (κ3) is 3.79. The number of nitrogens with two attached hydrogens (primary N) is 1. The minimum atomic E-state index is -1.35. The van der Waals surface area contributed by atoms with Crippen LogP contribution in [-0.2, 0) is 22.7 Å². The summed E-state index contributed by atoms with van der Waals surface area (Å²) in [6.45, 7) is 1.29. The summed E-state index contributed by atoms with van der Waals surface area (Å²) in [4.78, 5) is 22.3. The Bertz CT molecular complexity index is 430. The maximum Gasteiger partial charge on any atom is 0.328 e. The molecule has 0 saturated heterocycles. The van der Waals surface area contributed by atoms with Crippen LogP contribution < -0.4 is 11.1 Å². The Hall–Kier alpha value is -2.00. The number of carbonyl (C=O) groups is 2. The van der Waals surface area contributed by atoms with Crippen molar-refractivity contribution >= 4 is 11.9 Å². The van der Waals surface area contributed by atoms with Gasteiger partial charge in [0.2, 0.25) is 5.91 Å². The molecule has 0 aliphatic carbocycles. The van der Waals surface area contributed by atoms with Gasteiger partial charge in [0.25, 0.3) is 0 Å². The molecule has 1 rings (SSSR count). The van der Waals surface area contributed by atoms with E-state index in [2.05, 4.69) is 15.6 Å².